The molecular formula is C28H27FN2O5. The molecular weight excluding hydrogens is 463 g/mol. The van der Waals surface area contributed by atoms with Crippen LogP contribution in [0.3, 0.4) is 0 Å². The molecule has 0 aromatic heterocycles. The topological polar surface area (TPSA) is 68.3 Å². The van der Waals surface area contributed by atoms with E-state index in [-0.39, 0.29) is 0 Å². The summed E-state index contributed by atoms with van der Waals surface area (Å²) in [6.07, 6.45) is -0.162. The minimum Gasteiger partial charge on any atom is -0.490 e. The van der Waals surface area contributed by atoms with Crippen LogP contribution < -0.4 is 19.4 Å². The maximum atomic E-state index is 13.7. The van der Waals surface area contributed by atoms with Gasteiger partial charge in [-0.15, -0.1) is 0 Å². The molecule has 0 aliphatic carbocycles. The summed E-state index contributed by atoms with van der Waals surface area (Å²) in [6, 6.07) is 19.6. The molecule has 2 heterocycles. The van der Waals surface area contributed by atoms with E-state index < -0.39 is 35.7 Å². The third-order valence-electron chi connectivity index (χ3n) is 6.28. The quantitative estimate of drug-likeness (QED) is 0.411. The fourth-order valence-electron chi connectivity index (χ4n) is 4.71. The predicted molar refractivity (Wildman–Crippen MR) is 132 cm³/mol. The largest absolute Gasteiger partial charge is 0.490 e. The average molecular weight is 491 g/mol. The van der Waals surface area contributed by atoms with Gasteiger partial charge in [0.15, 0.2) is 17.6 Å². The molecule has 0 radical (unpaired) electrons. The average Bonchev–Trinajstić information content (AvgIpc) is 3.40. The van der Waals surface area contributed by atoms with E-state index in [1.807, 2.05) is 62.4 Å². The number of carbonyl (C=O) groups is 2. The molecule has 3 aromatic rings. The molecule has 3 atom stereocenters. The van der Waals surface area contributed by atoms with Gasteiger partial charge in [-0.25, -0.2) is 14.4 Å². The smallest absolute Gasteiger partial charge is 0.266 e. The Balaban J connectivity index is 1.57. The van der Waals surface area contributed by atoms with Crippen LogP contribution in [0.1, 0.15) is 31.9 Å². The molecule has 2 aliphatic rings. The first-order valence-electron chi connectivity index (χ1n) is 12.1. The maximum absolute atomic E-state index is 13.7. The Hall–Kier alpha value is -3.91. The van der Waals surface area contributed by atoms with Crippen LogP contribution in [0.15, 0.2) is 72.8 Å². The van der Waals surface area contributed by atoms with Gasteiger partial charge in [0, 0.05) is 0 Å². The van der Waals surface area contributed by atoms with Gasteiger partial charge >= 0.3 is 0 Å². The number of para-hydroxylation sites is 1. The summed E-state index contributed by atoms with van der Waals surface area (Å²) >= 11 is 0. The summed E-state index contributed by atoms with van der Waals surface area (Å²) in [5, 5.41) is 1.63. The zero-order valence-electron chi connectivity index (χ0n) is 20.1. The van der Waals surface area contributed by atoms with Crippen LogP contribution in [0.2, 0.25) is 0 Å². The van der Waals surface area contributed by atoms with Gasteiger partial charge in [0.05, 0.1) is 30.6 Å². The van der Waals surface area contributed by atoms with Crippen molar-refractivity contribution in [1.29, 1.82) is 0 Å². The number of nitrogens with zero attached hydrogens (tertiary/aromatic N) is 2. The molecule has 0 unspecified atom stereocenters. The molecule has 2 fully saturated rings. The van der Waals surface area contributed by atoms with Gasteiger partial charge in [-0.05, 0) is 67.4 Å². The number of rotatable bonds is 8. The second kappa shape index (κ2) is 9.99. The number of hydroxylamine groups is 1. The third-order valence-corrected chi connectivity index (χ3v) is 6.28. The van der Waals surface area contributed by atoms with Crippen molar-refractivity contribution >= 4 is 23.2 Å². The van der Waals surface area contributed by atoms with Gasteiger partial charge in [-0.2, -0.15) is 0 Å². The summed E-state index contributed by atoms with van der Waals surface area (Å²) in [5.41, 5.74) is 1.78. The van der Waals surface area contributed by atoms with E-state index in [1.54, 1.807) is 5.06 Å². The van der Waals surface area contributed by atoms with Crippen molar-refractivity contribution in [2.24, 2.45) is 5.92 Å². The molecule has 0 N–H and O–H groups in total. The Morgan fingerprint density at radius 3 is 2.31 bits per heavy atom. The van der Waals surface area contributed by atoms with Crippen LogP contribution in [0, 0.1) is 11.7 Å². The number of amides is 2. The van der Waals surface area contributed by atoms with Crippen molar-refractivity contribution in [1.82, 2.24) is 0 Å². The van der Waals surface area contributed by atoms with Crippen molar-refractivity contribution in [3.63, 3.8) is 0 Å². The van der Waals surface area contributed by atoms with E-state index in [2.05, 4.69) is 0 Å². The van der Waals surface area contributed by atoms with Gasteiger partial charge in [0.25, 0.3) is 5.91 Å². The summed E-state index contributed by atoms with van der Waals surface area (Å²) in [4.78, 5) is 34.4. The Kier molecular flexibility index (Phi) is 6.61. The minimum absolute atomic E-state index is 0.313. The fraction of sp³-hybridized carbons (Fsp3) is 0.286. The third kappa shape index (κ3) is 4.18. The van der Waals surface area contributed by atoms with Crippen LogP contribution in [0.4, 0.5) is 15.8 Å². The van der Waals surface area contributed by atoms with Crippen LogP contribution in [-0.4, -0.2) is 31.1 Å². The lowest BCUT2D eigenvalue weighted by Crippen LogP contribution is -2.37. The molecule has 7 nitrogen and oxygen atoms in total. The van der Waals surface area contributed by atoms with E-state index in [0.29, 0.717) is 30.4 Å². The van der Waals surface area contributed by atoms with Gasteiger partial charge in [-0.3, -0.25) is 14.4 Å². The van der Waals surface area contributed by atoms with Crippen molar-refractivity contribution < 1.29 is 28.3 Å². The highest BCUT2D eigenvalue weighted by molar-refractivity contribution is 6.23. The first-order valence-corrected chi connectivity index (χ1v) is 12.1. The molecule has 5 rings (SSSR count). The first kappa shape index (κ1) is 23.8. The van der Waals surface area contributed by atoms with Crippen molar-refractivity contribution in [2.45, 2.75) is 32.4 Å². The van der Waals surface area contributed by atoms with Crippen LogP contribution in [0.25, 0.3) is 0 Å². The number of carbonyl (C=O) groups excluding carboxylic acids is 2. The normalized spacial score (nSPS) is 21.1. The Labute approximate surface area is 208 Å². The Morgan fingerprint density at radius 2 is 1.61 bits per heavy atom. The first-order chi connectivity index (χ1) is 17.5. The lowest BCUT2D eigenvalue weighted by atomic mass is 9.90. The number of anilines is 2. The van der Waals surface area contributed by atoms with E-state index in [1.165, 1.54) is 24.3 Å². The van der Waals surface area contributed by atoms with E-state index in [9.17, 15) is 14.0 Å². The summed E-state index contributed by atoms with van der Waals surface area (Å²) < 4.78 is 25.2. The Bertz CT molecular complexity index is 1250. The lowest BCUT2D eigenvalue weighted by molar-refractivity contribution is -0.126. The van der Waals surface area contributed by atoms with Gasteiger partial charge < -0.3 is 9.47 Å². The molecule has 0 saturated carbocycles. The molecule has 2 aliphatic heterocycles. The number of ether oxygens (including phenoxy) is 2. The lowest BCUT2D eigenvalue weighted by Gasteiger charge is -2.29. The van der Waals surface area contributed by atoms with Gasteiger partial charge in [-0.1, -0.05) is 31.2 Å². The number of benzene rings is 3. The molecule has 36 heavy (non-hydrogen) atoms. The second-order valence-corrected chi connectivity index (χ2v) is 8.63. The highest BCUT2D eigenvalue weighted by Crippen LogP contribution is 2.48. The van der Waals surface area contributed by atoms with E-state index in [0.717, 1.165) is 22.6 Å². The number of hydrogen-bond acceptors (Lipinski definition) is 6. The van der Waals surface area contributed by atoms with Crippen molar-refractivity contribution in [3.05, 3.63) is 84.2 Å². The van der Waals surface area contributed by atoms with Gasteiger partial charge in [0.1, 0.15) is 11.7 Å². The molecule has 2 amide bonds. The SMILES string of the molecule is CCCOc1ccc([C@H]2[C@H]3C(=O)N(c4ccc(F)cc4)C(=O)[C@H]3ON2c2ccccc2)cc1OCC. The summed E-state index contributed by atoms with van der Waals surface area (Å²) in [6.45, 7) is 4.91. The second-order valence-electron chi connectivity index (χ2n) is 8.63. The van der Waals surface area contributed by atoms with Crippen LogP contribution in [0.5, 0.6) is 11.5 Å². The number of halogens is 1. The predicted octanol–water partition coefficient (Wildman–Crippen LogP) is 5.06. The number of hydrogen-bond donors (Lipinski definition) is 0. The van der Waals surface area contributed by atoms with Gasteiger partial charge in [0.2, 0.25) is 5.91 Å². The fourth-order valence-corrected chi connectivity index (χ4v) is 4.71. The van der Waals surface area contributed by atoms with Crippen molar-refractivity contribution in [2.75, 3.05) is 23.2 Å². The minimum atomic E-state index is -1.01. The van der Waals surface area contributed by atoms with E-state index in [4.69, 9.17) is 14.3 Å². The highest BCUT2D eigenvalue weighted by atomic mass is 19.1. The Morgan fingerprint density at radius 1 is 0.861 bits per heavy atom. The molecule has 0 bridgehead atoms. The molecule has 8 heteroatoms. The number of imide groups is 1. The molecule has 3 aromatic carbocycles. The zero-order valence-corrected chi connectivity index (χ0v) is 20.1. The molecule has 0 spiro atoms. The van der Waals surface area contributed by atoms with Crippen molar-refractivity contribution in [3.8, 4) is 11.5 Å². The zero-order chi connectivity index (χ0) is 25.2. The van der Waals surface area contributed by atoms with E-state index >= 15 is 0 Å². The molecule has 186 valence electrons. The molecule has 2 saturated heterocycles. The monoisotopic (exact) mass is 490 g/mol. The standard InChI is InChI=1S/C28H27FN2O5/c1-3-16-35-22-15-10-18(17-23(22)34-4-2)25-24-26(36-31(25)21-8-6-5-7-9-21)28(33)30(27(24)32)20-13-11-19(29)12-14-20/h5-15,17,24-26H,3-4,16H2,1-2H3/t24-,25+,26+/m1/s1. The summed E-state index contributed by atoms with van der Waals surface area (Å²) in [7, 11) is 0. The van der Waals surface area contributed by atoms with Crippen LogP contribution in [-0.2, 0) is 14.4 Å². The van der Waals surface area contributed by atoms with Crippen LogP contribution >= 0.6 is 0 Å². The number of fused-ring (bicyclic) bond motifs is 1. The maximum Gasteiger partial charge on any atom is 0.266 e. The highest BCUT2D eigenvalue weighted by Gasteiger charge is 2.60. The summed E-state index contributed by atoms with van der Waals surface area (Å²) in [5.74, 6) is -0.953.